The van der Waals surface area contributed by atoms with Gasteiger partial charge in [-0.05, 0) is 25.7 Å². The number of aromatic amines is 1. The second-order valence-corrected chi connectivity index (χ2v) is 6.79. The fourth-order valence-corrected chi connectivity index (χ4v) is 4.40. The number of hydrogen-bond acceptors (Lipinski definition) is 3. The lowest BCUT2D eigenvalue weighted by Crippen LogP contribution is -2.38. The minimum Gasteiger partial charge on any atom is -0.281 e. The van der Waals surface area contributed by atoms with Crippen molar-refractivity contribution in [3.63, 3.8) is 0 Å². The van der Waals surface area contributed by atoms with Crippen molar-refractivity contribution in [2.24, 2.45) is 5.92 Å². The summed E-state index contributed by atoms with van der Waals surface area (Å²) >= 11 is 0. The van der Waals surface area contributed by atoms with E-state index in [1.54, 1.807) is 11.2 Å². The molecule has 2 rings (SSSR count). The van der Waals surface area contributed by atoms with Crippen molar-refractivity contribution in [1.29, 1.82) is 0 Å². The van der Waals surface area contributed by atoms with Crippen LogP contribution in [0.2, 0.25) is 0 Å². The molecule has 1 atom stereocenters. The number of nitrogens with one attached hydrogen (secondary N) is 1. The molecule has 5 nitrogen and oxygen atoms in total. The highest BCUT2D eigenvalue weighted by molar-refractivity contribution is 7.89. The Morgan fingerprint density at radius 1 is 1.53 bits per heavy atom. The topological polar surface area (TPSA) is 66.1 Å². The molecule has 1 aliphatic rings. The van der Waals surface area contributed by atoms with Crippen molar-refractivity contribution in [2.45, 2.75) is 44.6 Å². The molecule has 1 aromatic rings. The maximum Gasteiger partial charge on any atom is 0.246 e. The minimum atomic E-state index is -3.38. The average molecular weight is 257 g/mol. The smallest absolute Gasteiger partial charge is 0.246 e. The van der Waals surface area contributed by atoms with Crippen molar-refractivity contribution in [3.05, 3.63) is 11.9 Å². The van der Waals surface area contributed by atoms with E-state index in [9.17, 15) is 8.42 Å². The van der Waals surface area contributed by atoms with E-state index in [1.807, 2.05) is 0 Å². The summed E-state index contributed by atoms with van der Waals surface area (Å²) in [5.74, 6) is 0.347. The summed E-state index contributed by atoms with van der Waals surface area (Å²) in [5, 5.41) is 6.48. The third-order valence-electron chi connectivity index (χ3n) is 3.39. The van der Waals surface area contributed by atoms with Crippen LogP contribution >= 0.6 is 0 Å². The van der Waals surface area contributed by atoms with Crippen LogP contribution in [0.3, 0.4) is 0 Å². The SMILES string of the molecule is Cc1[nH]ncc1S(=O)(=O)N1CCCC1C(C)C. The normalized spacial score (nSPS) is 22.5. The number of rotatable bonds is 3. The fourth-order valence-electron chi connectivity index (χ4n) is 2.46. The molecule has 0 aromatic carbocycles. The molecule has 1 saturated heterocycles. The molecule has 2 heterocycles. The molecule has 0 aliphatic carbocycles. The summed E-state index contributed by atoms with van der Waals surface area (Å²) in [6, 6.07) is 0.120. The van der Waals surface area contributed by atoms with E-state index in [4.69, 9.17) is 0 Å². The first kappa shape index (κ1) is 12.6. The van der Waals surface area contributed by atoms with Gasteiger partial charge in [-0.3, -0.25) is 5.10 Å². The van der Waals surface area contributed by atoms with Crippen LogP contribution in [-0.2, 0) is 10.0 Å². The highest BCUT2D eigenvalue weighted by Crippen LogP contribution is 2.30. The lowest BCUT2D eigenvalue weighted by Gasteiger charge is -2.26. The second kappa shape index (κ2) is 4.42. The van der Waals surface area contributed by atoms with Gasteiger partial charge in [0.15, 0.2) is 0 Å². The Balaban J connectivity index is 2.36. The summed E-state index contributed by atoms with van der Waals surface area (Å²) in [6.07, 6.45) is 3.30. The van der Waals surface area contributed by atoms with Gasteiger partial charge in [0.1, 0.15) is 4.90 Å². The van der Waals surface area contributed by atoms with E-state index in [2.05, 4.69) is 24.0 Å². The molecule has 6 heteroatoms. The molecule has 0 saturated carbocycles. The van der Waals surface area contributed by atoms with Gasteiger partial charge in [-0.15, -0.1) is 0 Å². The zero-order valence-electron chi connectivity index (χ0n) is 10.5. The van der Waals surface area contributed by atoms with Crippen molar-refractivity contribution in [3.8, 4) is 0 Å². The molecule has 1 N–H and O–H groups in total. The number of aryl methyl sites for hydroxylation is 1. The van der Waals surface area contributed by atoms with Crippen LogP contribution in [0, 0.1) is 12.8 Å². The lowest BCUT2D eigenvalue weighted by atomic mass is 10.0. The molecule has 0 radical (unpaired) electrons. The predicted octanol–water partition coefficient (Wildman–Crippen LogP) is 1.53. The molecular weight excluding hydrogens is 238 g/mol. The van der Waals surface area contributed by atoms with Gasteiger partial charge in [0, 0.05) is 12.6 Å². The first-order valence-electron chi connectivity index (χ1n) is 5.96. The minimum absolute atomic E-state index is 0.120. The van der Waals surface area contributed by atoms with Crippen molar-refractivity contribution in [1.82, 2.24) is 14.5 Å². The highest BCUT2D eigenvalue weighted by Gasteiger charge is 2.37. The highest BCUT2D eigenvalue weighted by atomic mass is 32.2. The zero-order chi connectivity index (χ0) is 12.6. The Morgan fingerprint density at radius 3 is 2.76 bits per heavy atom. The molecule has 1 unspecified atom stereocenters. The fraction of sp³-hybridized carbons (Fsp3) is 0.727. The first-order valence-corrected chi connectivity index (χ1v) is 7.40. The maximum atomic E-state index is 12.5. The molecule has 0 bridgehead atoms. The van der Waals surface area contributed by atoms with Crippen molar-refractivity contribution < 1.29 is 8.42 Å². The molecule has 1 fully saturated rings. The maximum absolute atomic E-state index is 12.5. The van der Waals surface area contributed by atoms with Crippen LogP contribution in [-0.4, -0.2) is 35.5 Å². The number of hydrogen-bond donors (Lipinski definition) is 1. The molecule has 1 aliphatic heterocycles. The van der Waals surface area contributed by atoms with Gasteiger partial charge >= 0.3 is 0 Å². The third kappa shape index (κ3) is 2.11. The lowest BCUT2D eigenvalue weighted by molar-refractivity contribution is 0.315. The van der Waals surface area contributed by atoms with E-state index in [0.29, 0.717) is 23.1 Å². The van der Waals surface area contributed by atoms with Crippen LogP contribution in [0.4, 0.5) is 0 Å². The first-order chi connectivity index (χ1) is 7.94. The van der Waals surface area contributed by atoms with Crippen LogP contribution in [0.5, 0.6) is 0 Å². The van der Waals surface area contributed by atoms with E-state index < -0.39 is 10.0 Å². The van der Waals surface area contributed by atoms with E-state index in [1.165, 1.54) is 6.20 Å². The Kier molecular flexibility index (Phi) is 3.27. The van der Waals surface area contributed by atoms with E-state index in [0.717, 1.165) is 12.8 Å². The monoisotopic (exact) mass is 257 g/mol. The molecular formula is C11H19N3O2S. The second-order valence-electron chi connectivity index (χ2n) is 4.93. The number of H-pyrrole nitrogens is 1. The summed E-state index contributed by atoms with van der Waals surface area (Å²) in [7, 11) is -3.38. The summed E-state index contributed by atoms with van der Waals surface area (Å²) in [4.78, 5) is 0.310. The third-order valence-corrected chi connectivity index (χ3v) is 5.43. The van der Waals surface area contributed by atoms with Crippen molar-refractivity contribution >= 4 is 10.0 Å². The zero-order valence-corrected chi connectivity index (χ0v) is 11.3. The van der Waals surface area contributed by atoms with Crippen molar-refractivity contribution in [2.75, 3.05) is 6.54 Å². The predicted molar refractivity (Wildman–Crippen MR) is 65.1 cm³/mol. The van der Waals surface area contributed by atoms with Gasteiger partial charge in [-0.1, -0.05) is 13.8 Å². The number of sulfonamides is 1. The van der Waals surface area contributed by atoms with Crippen LogP contribution in [0.25, 0.3) is 0 Å². The largest absolute Gasteiger partial charge is 0.281 e. The Labute approximate surface area is 102 Å². The van der Waals surface area contributed by atoms with Gasteiger partial charge in [0.05, 0.1) is 11.9 Å². The summed E-state index contributed by atoms with van der Waals surface area (Å²) < 4.78 is 26.6. The summed E-state index contributed by atoms with van der Waals surface area (Å²) in [6.45, 7) is 6.50. The van der Waals surface area contributed by atoms with Gasteiger partial charge in [-0.25, -0.2) is 8.42 Å². The van der Waals surface area contributed by atoms with Crippen LogP contribution in [0.1, 0.15) is 32.4 Å². The molecule has 17 heavy (non-hydrogen) atoms. The number of aromatic nitrogens is 2. The standard InChI is InChI=1S/C11H19N3O2S/c1-8(2)10-5-4-6-14(10)17(15,16)11-7-12-13-9(11)3/h7-8,10H,4-6H2,1-3H3,(H,12,13). The van der Waals surface area contributed by atoms with Gasteiger partial charge < -0.3 is 0 Å². The quantitative estimate of drug-likeness (QED) is 0.893. The van der Waals surface area contributed by atoms with E-state index in [-0.39, 0.29) is 6.04 Å². The Bertz CT molecular complexity index is 493. The summed E-state index contributed by atoms with van der Waals surface area (Å²) in [5.41, 5.74) is 0.611. The van der Waals surface area contributed by atoms with Gasteiger partial charge in [0.2, 0.25) is 10.0 Å². The van der Waals surface area contributed by atoms with E-state index >= 15 is 0 Å². The Morgan fingerprint density at radius 2 is 2.24 bits per heavy atom. The molecule has 96 valence electrons. The number of nitrogens with zero attached hydrogens (tertiary/aromatic N) is 2. The van der Waals surface area contributed by atoms with Gasteiger partial charge in [-0.2, -0.15) is 9.40 Å². The molecule has 0 amide bonds. The van der Waals surface area contributed by atoms with Crippen LogP contribution in [0.15, 0.2) is 11.1 Å². The van der Waals surface area contributed by atoms with Crippen LogP contribution < -0.4 is 0 Å². The molecule has 0 spiro atoms. The van der Waals surface area contributed by atoms with Gasteiger partial charge in [0.25, 0.3) is 0 Å². The Hall–Kier alpha value is -0.880. The average Bonchev–Trinajstić information content (AvgIpc) is 2.84. The molecule has 1 aromatic heterocycles.